The van der Waals surface area contributed by atoms with E-state index in [-0.39, 0.29) is 6.04 Å². The van der Waals surface area contributed by atoms with Gasteiger partial charge in [0.05, 0.1) is 11.9 Å². The average Bonchev–Trinajstić information content (AvgIpc) is 2.95. The first kappa shape index (κ1) is 10.9. The van der Waals surface area contributed by atoms with Crippen LogP contribution in [0.4, 0.5) is 0 Å². The van der Waals surface area contributed by atoms with E-state index >= 15 is 0 Å². The lowest BCUT2D eigenvalue weighted by Crippen LogP contribution is -2.16. The molecule has 0 bridgehead atoms. The molecule has 1 aliphatic carbocycles. The van der Waals surface area contributed by atoms with Crippen molar-refractivity contribution in [2.75, 3.05) is 0 Å². The van der Waals surface area contributed by atoms with E-state index in [1.807, 2.05) is 10.9 Å². The Kier molecular flexibility index (Phi) is 2.72. The average molecular weight is 248 g/mol. The van der Waals surface area contributed by atoms with Gasteiger partial charge in [-0.05, 0) is 26.2 Å². The predicted molar refractivity (Wildman–Crippen MR) is 68.9 cm³/mol. The second kappa shape index (κ2) is 4.23. The summed E-state index contributed by atoms with van der Waals surface area (Å²) in [7, 11) is 0. The number of hydrogen-bond acceptors (Lipinski definition) is 4. The van der Waals surface area contributed by atoms with Crippen LogP contribution in [0.3, 0.4) is 0 Å². The van der Waals surface area contributed by atoms with Gasteiger partial charge in [0, 0.05) is 29.2 Å². The fourth-order valence-electron chi connectivity index (χ4n) is 2.22. The van der Waals surface area contributed by atoms with E-state index in [0.29, 0.717) is 0 Å². The zero-order valence-electron chi connectivity index (χ0n) is 9.89. The van der Waals surface area contributed by atoms with E-state index in [0.717, 1.165) is 35.7 Å². The first-order valence-corrected chi connectivity index (χ1v) is 6.87. The van der Waals surface area contributed by atoms with Crippen molar-refractivity contribution in [2.24, 2.45) is 5.73 Å². The molecule has 17 heavy (non-hydrogen) atoms. The van der Waals surface area contributed by atoms with Gasteiger partial charge in [-0.3, -0.25) is 4.68 Å². The van der Waals surface area contributed by atoms with Crippen LogP contribution < -0.4 is 5.73 Å². The molecule has 0 aromatic carbocycles. The highest BCUT2D eigenvalue weighted by molar-refractivity contribution is 7.15. The molecule has 1 atom stereocenters. The predicted octanol–water partition coefficient (Wildman–Crippen LogP) is 2.36. The third kappa shape index (κ3) is 1.89. The summed E-state index contributed by atoms with van der Waals surface area (Å²) >= 11 is 1.77. The summed E-state index contributed by atoms with van der Waals surface area (Å²) < 4.78 is 1.93. The molecular weight excluding hydrogens is 232 g/mol. The maximum Gasteiger partial charge on any atom is 0.127 e. The van der Waals surface area contributed by atoms with Crippen LogP contribution in [-0.2, 0) is 13.0 Å². The minimum Gasteiger partial charge on any atom is -0.323 e. The van der Waals surface area contributed by atoms with Crippen LogP contribution in [0, 0.1) is 0 Å². The number of rotatable bonds is 2. The Morgan fingerprint density at radius 1 is 1.59 bits per heavy atom. The molecule has 0 aliphatic heterocycles. The molecule has 0 saturated carbocycles. The number of thiazole rings is 1. The number of nitrogens with zero attached hydrogens (tertiary/aromatic N) is 3. The molecule has 3 rings (SSSR count). The number of aryl methyl sites for hydroxylation is 2. The van der Waals surface area contributed by atoms with Gasteiger partial charge in [0.25, 0.3) is 0 Å². The van der Waals surface area contributed by atoms with E-state index in [1.54, 1.807) is 11.3 Å². The molecule has 2 aromatic heterocycles. The highest BCUT2D eigenvalue weighted by Crippen LogP contribution is 2.35. The van der Waals surface area contributed by atoms with Crippen molar-refractivity contribution >= 4 is 11.3 Å². The van der Waals surface area contributed by atoms with Gasteiger partial charge in [0.1, 0.15) is 5.01 Å². The Morgan fingerprint density at radius 2 is 2.47 bits per heavy atom. The van der Waals surface area contributed by atoms with Gasteiger partial charge in [-0.25, -0.2) is 4.98 Å². The van der Waals surface area contributed by atoms with Gasteiger partial charge in [-0.15, -0.1) is 11.3 Å². The standard InChI is InChI=1S/C12H16N4S/c1-2-16-7-8(6-14-16)12-15-11-9(13)4-3-5-10(11)17-12/h6-7,9H,2-5,13H2,1H3. The molecule has 2 heterocycles. The summed E-state index contributed by atoms with van der Waals surface area (Å²) in [5.74, 6) is 0. The van der Waals surface area contributed by atoms with Gasteiger partial charge < -0.3 is 5.73 Å². The summed E-state index contributed by atoms with van der Waals surface area (Å²) in [4.78, 5) is 6.05. The van der Waals surface area contributed by atoms with Gasteiger partial charge in [-0.1, -0.05) is 0 Å². The maximum absolute atomic E-state index is 6.09. The molecule has 2 aromatic rings. The first-order chi connectivity index (χ1) is 8.28. The maximum atomic E-state index is 6.09. The lowest BCUT2D eigenvalue weighted by molar-refractivity contribution is 0.564. The third-order valence-electron chi connectivity index (χ3n) is 3.20. The molecular formula is C12H16N4S. The lowest BCUT2D eigenvalue weighted by atomic mass is 9.99. The molecule has 0 radical (unpaired) electrons. The smallest absolute Gasteiger partial charge is 0.127 e. The summed E-state index contributed by atoms with van der Waals surface area (Å²) in [6, 6.07) is 0.130. The zero-order chi connectivity index (χ0) is 11.8. The van der Waals surface area contributed by atoms with Crippen molar-refractivity contribution in [3.05, 3.63) is 23.0 Å². The lowest BCUT2D eigenvalue weighted by Gasteiger charge is -2.15. The minimum atomic E-state index is 0.130. The van der Waals surface area contributed by atoms with Crippen molar-refractivity contribution in [3.8, 4) is 10.6 Å². The fourth-order valence-corrected chi connectivity index (χ4v) is 3.37. The quantitative estimate of drug-likeness (QED) is 0.887. The van der Waals surface area contributed by atoms with Gasteiger partial charge >= 0.3 is 0 Å². The Hall–Kier alpha value is -1.20. The fraction of sp³-hybridized carbons (Fsp3) is 0.500. The summed E-state index contributed by atoms with van der Waals surface area (Å²) in [5.41, 5.74) is 8.31. The van der Waals surface area contributed by atoms with Crippen LogP contribution >= 0.6 is 11.3 Å². The van der Waals surface area contributed by atoms with Crippen LogP contribution in [0.5, 0.6) is 0 Å². The van der Waals surface area contributed by atoms with Crippen LogP contribution in [0.2, 0.25) is 0 Å². The van der Waals surface area contributed by atoms with Gasteiger partial charge in [0.2, 0.25) is 0 Å². The highest BCUT2D eigenvalue weighted by atomic mass is 32.1. The van der Waals surface area contributed by atoms with Crippen molar-refractivity contribution in [1.82, 2.24) is 14.8 Å². The van der Waals surface area contributed by atoms with Gasteiger partial charge in [-0.2, -0.15) is 5.10 Å². The molecule has 1 aliphatic rings. The molecule has 0 saturated heterocycles. The molecule has 1 unspecified atom stereocenters. The molecule has 5 heteroatoms. The van der Waals surface area contributed by atoms with Crippen molar-refractivity contribution in [2.45, 2.75) is 38.8 Å². The number of hydrogen-bond donors (Lipinski definition) is 1. The van der Waals surface area contributed by atoms with Crippen molar-refractivity contribution < 1.29 is 0 Å². The minimum absolute atomic E-state index is 0.130. The SMILES string of the molecule is CCn1cc(-c2nc3c(s2)CCCC3N)cn1. The Labute approximate surface area is 104 Å². The monoisotopic (exact) mass is 248 g/mol. The highest BCUT2D eigenvalue weighted by Gasteiger charge is 2.22. The number of nitrogens with two attached hydrogens (primary N) is 1. The van der Waals surface area contributed by atoms with Gasteiger partial charge in [0.15, 0.2) is 0 Å². The summed E-state index contributed by atoms with van der Waals surface area (Å²) in [5, 5.41) is 5.35. The molecule has 0 amide bonds. The van der Waals surface area contributed by atoms with E-state index in [1.165, 1.54) is 11.3 Å². The Morgan fingerprint density at radius 3 is 3.18 bits per heavy atom. The van der Waals surface area contributed by atoms with E-state index in [2.05, 4.69) is 23.2 Å². The van der Waals surface area contributed by atoms with Crippen LogP contribution in [0.25, 0.3) is 10.6 Å². The molecule has 4 nitrogen and oxygen atoms in total. The second-order valence-electron chi connectivity index (χ2n) is 4.41. The molecule has 2 N–H and O–H groups in total. The van der Waals surface area contributed by atoms with E-state index < -0.39 is 0 Å². The zero-order valence-corrected chi connectivity index (χ0v) is 10.7. The van der Waals surface area contributed by atoms with E-state index in [4.69, 9.17) is 5.73 Å². The third-order valence-corrected chi connectivity index (χ3v) is 4.38. The van der Waals surface area contributed by atoms with Crippen LogP contribution in [0.15, 0.2) is 12.4 Å². The topological polar surface area (TPSA) is 56.7 Å². The first-order valence-electron chi connectivity index (χ1n) is 6.06. The van der Waals surface area contributed by atoms with Crippen molar-refractivity contribution in [3.63, 3.8) is 0 Å². The van der Waals surface area contributed by atoms with Crippen LogP contribution in [0.1, 0.15) is 36.4 Å². The molecule has 0 spiro atoms. The number of aromatic nitrogens is 3. The summed E-state index contributed by atoms with van der Waals surface area (Å²) in [6.45, 7) is 2.98. The number of fused-ring (bicyclic) bond motifs is 1. The largest absolute Gasteiger partial charge is 0.323 e. The Bertz CT molecular complexity index is 528. The van der Waals surface area contributed by atoms with Crippen LogP contribution in [-0.4, -0.2) is 14.8 Å². The van der Waals surface area contributed by atoms with E-state index in [9.17, 15) is 0 Å². The Balaban J connectivity index is 1.98. The van der Waals surface area contributed by atoms with Crippen molar-refractivity contribution in [1.29, 1.82) is 0 Å². The molecule has 90 valence electrons. The molecule has 0 fully saturated rings. The summed E-state index contributed by atoms with van der Waals surface area (Å²) in [6.07, 6.45) is 7.31. The normalized spacial score (nSPS) is 19.3. The second-order valence-corrected chi connectivity index (χ2v) is 5.49.